The minimum atomic E-state index is -3.14. The first-order valence-electron chi connectivity index (χ1n) is 4.37. The summed E-state index contributed by atoms with van der Waals surface area (Å²) >= 11 is 0. The standard InChI is InChI=1S/C10H11O4P.2Li/c1-6-4-5-9(8(3)7(6)2)10(11)14-15(12)13;;/h4-5H,1-3H3;;/q-2;2*+1. The van der Waals surface area contributed by atoms with Crippen molar-refractivity contribution < 1.29 is 56.8 Å². The van der Waals surface area contributed by atoms with E-state index in [1.807, 2.05) is 13.8 Å². The molecule has 0 aliphatic rings. The van der Waals surface area contributed by atoms with E-state index < -0.39 is 14.6 Å². The summed E-state index contributed by atoms with van der Waals surface area (Å²) in [6.45, 7) is 5.56. The van der Waals surface area contributed by atoms with Gasteiger partial charge in [0.05, 0.1) is 5.56 Å². The molecule has 0 unspecified atom stereocenters. The Morgan fingerprint density at radius 3 is 2.12 bits per heavy atom. The second-order valence-electron chi connectivity index (χ2n) is 3.28. The summed E-state index contributed by atoms with van der Waals surface area (Å²) in [7, 11) is -3.14. The number of aryl methyl sites for hydroxylation is 1. The van der Waals surface area contributed by atoms with Gasteiger partial charge >= 0.3 is 43.7 Å². The Morgan fingerprint density at radius 1 is 1.12 bits per heavy atom. The zero-order valence-corrected chi connectivity index (χ0v) is 11.6. The molecular formula is C10H11Li2O4P. The van der Waals surface area contributed by atoms with Crippen LogP contribution in [-0.4, -0.2) is 5.97 Å². The van der Waals surface area contributed by atoms with Gasteiger partial charge in [0.2, 0.25) is 0 Å². The maximum Gasteiger partial charge on any atom is 1.00 e. The van der Waals surface area contributed by atoms with E-state index in [4.69, 9.17) is 0 Å². The SMILES string of the molecule is Cc1ccc(C(=O)OP([O-])[O-])c(C)c1C.[Li+].[Li+]. The van der Waals surface area contributed by atoms with Crippen molar-refractivity contribution in [2.24, 2.45) is 0 Å². The van der Waals surface area contributed by atoms with E-state index in [-0.39, 0.29) is 43.3 Å². The van der Waals surface area contributed by atoms with Crippen molar-refractivity contribution >= 4 is 14.6 Å². The number of rotatable bonds is 2. The molecule has 17 heavy (non-hydrogen) atoms. The predicted octanol–water partition coefficient (Wildman–Crippen LogP) is -5.28. The summed E-state index contributed by atoms with van der Waals surface area (Å²) in [6.07, 6.45) is 0. The van der Waals surface area contributed by atoms with Crippen LogP contribution < -0.4 is 47.5 Å². The summed E-state index contributed by atoms with van der Waals surface area (Å²) in [6, 6.07) is 3.33. The molecule has 0 aromatic heterocycles. The van der Waals surface area contributed by atoms with Gasteiger partial charge in [0, 0.05) is 0 Å². The third kappa shape index (κ3) is 5.17. The molecule has 0 amide bonds. The number of hydrogen-bond acceptors (Lipinski definition) is 4. The molecule has 82 valence electrons. The Balaban J connectivity index is 0. The molecule has 0 radical (unpaired) electrons. The Hall–Kier alpha value is 0.235. The number of carbonyl (C=O) groups is 1. The van der Waals surface area contributed by atoms with E-state index in [2.05, 4.69) is 4.52 Å². The largest absolute Gasteiger partial charge is 1.00 e. The van der Waals surface area contributed by atoms with Crippen LogP contribution in [0.4, 0.5) is 0 Å². The molecule has 0 N–H and O–H groups in total. The van der Waals surface area contributed by atoms with Crippen molar-refractivity contribution in [1.29, 1.82) is 0 Å². The molecule has 0 aliphatic carbocycles. The second-order valence-corrected chi connectivity index (χ2v) is 3.91. The number of benzene rings is 1. The topological polar surface area (TPSA) is 72.4 Å². The van der Waals surface area contributed by atoms with Gasteiger partial charge in [0.25, 0.3) is 0 Å². The van der Waals surface area contributed by atoms with Crippen molar-refractivity contribution in [3.8, 4) is 0 Å². The molecule has 0 heterocycles. The molecule has 0 fully saturated rings. The Bertz CT molecular complexity index is 396. The van der Waals surface area contributed by atoms with Crippen LogP contribution >= 0.6 is 8.60 Å². The van der Waals surface area contributed by atoms with Crippen LogP contribution in [-0.2, 0) is 4.52 Å². The molecule has 0 aliphatic heterocycles. The summed E-state index contributed by atoms with van der Waals surface area (Å²) in [5.41, 5.74) is 3.05. The Labute approximate surface area is 126 Å². The van der Waals surface area contributed by atoms with Gasteiger partial charge in [-0.2, -0.15) is 0 Å². The van der Waals surface area contributed by atoms with Crippen LogP contribution in [0.5, 0.6) is 0 Å². The van der Waals surface area contributed by atoms with Gasteiger partial charge in [0.15, 0.2) is 0 Å². The molecule has 1 aromatic carbocycles. The van der Waals surface area contributed by atoms with Gasteiger partial charge in [-0.25, -0.2) is 4.79 Å². The van der Waals surface area contributed by atoms with E-state index >= 15 is 0 Å². The minimum absolute atomic E-state index is 0. The maximum atomic E-state index is 11.3. The molecular weight excluding hydrogens is 229 g/mol. The quantitative estimate of drug-likeness (QED) is 0.382. The summed E-state index contributed by atoms with van der Waals surface area (Å²) in [5.74, 6) is -0.827. The van der Waals surface area contributed by atoms with E-state index in [1.165, 1.54) is 0 Å². The van der Waals surface area contributed by atoms with Gasteiger partial charge in [-0.05, 0) is 43.5 Å². The zero-order valence-electron chi connectivity index (χ0n) is 10.7. The first-order valence-corrected chi connectivity index (χ1v) is 5.46. The second kappa shape index (κ2) is 8.36. The van der Waals surface area contributed by atoms with Crippen molar-refractivity contribution in [1.82, 2.24) is 0 Å². The van der Waals surface area contributed by atoms with E-state index in [0.29, 0.717) is 0 Å². The van der Waals surface area contributed by atoms with Gasteiger partial charge < -0.3 is 14.3 Å². The first kappa shape index (κ1) is 19.6. The van der Waals surface area contributed by atoms with Gasteiger partial charge in [-0.15, -0.1) is 0 Å². The fourth-order valence-electron chi connectivity index (χ4n) is 1.29. The normalized spacial score (nSPS) is 9.29. The average molecular weight is 240 g/mol. The number of carbonyl (C=O) groups excluding carboxylic acids is 1. The fourth-order valence-corrected chi connectivity index (χ4v) is 1.53. The van der Waals surface area contributed by atoms with Gasteiger partial charge in [0.1, 0.15) is 0 Å². The van der Waals surface area contributed by atoms with Crippen molar-refractivity contribution in [3.63, 3.8) is 0 Å². The van der Waals surface area contributed by atoms with Crippen LogP contribution in [0.25, 0.3) is 0 Å². The third-order valence-corrected chi connectivity index (χ3v) is 2.75. The smallest absolute Gasteiger partial charge is 0.810 e. The van der Waals surface area contributed by atoms with Crippen LogP contribution in [0.3, 0.4) is 0 Å². The van der Waals surface area contributed by atoms with E-state index in [9.17, 15) is 14.6 Å². The molecule has 4 nitrogen and oxygen atoms in total. The number of hydrogen-bond donors (Lipinski definition) is 0. The fraction of sp³-hybridized carbons (Fsp3) is 0.300. The van der Waals surface area contributed by atoms with Crippen molar-refractivity contribution in [3.05, 3.63) is 34.4 Å². The van der Waals surface area contributed by atoms with Crippen molar-refractivity contribution in [2.75, 3.05) is 0 Å². The van der Waals surface area contributed by atoms with Crippen molar-refractivity contribution in [2.45, 2.75) is 20.8 Å². The molecule has 7 heteroatoms. The monoisotopic (exact) mass is 240 g/mol. The minimum Gasteiger partial charge on any atom is -0.810 e. The molecule has 0 saturated heterocycles. The molecule has 1 rings (SSSR count). The molecule has 0 saturated carbocycles. The average Bonchev–Trinajstić information content (AvgIpc) is 2.13. The zero-order chi connectivity index (χ0) is 11.6. The van der Waals surface area contributed by atoms with E-state index in [1.54, 1.807) is 19.1 Å². The Kier molecular flexibility index (Phi) is 9.62. The third-order valence-electron chi connectivity index (χ3n) is 2.44. The molecule has 1 aromatic rings. The summed E-state index contributed by atoms with van der Waals surface area (Å²) in [4.78, 5) is 31.8. The maximum absolute atomic E-state index is 11.3. The van der Waals surface area contributed by atoms with Crippen LogP contribution in [0.15, 0.2) is 12.1 Å². The van der Waals surface area contributed by atoms with E-state index in [0.717, 1.165) is 16.7 Å². The molecule has 0 atom stereocenters. The Morgan fingerprint density at radius 2 is 1.65 bits per heavy atom. The van der Waals surface area contributed by atoms with Crippen LogP contribution in [0.2, 0.25) is 0 Å². The van der Waals surface area contributed by atoms with Gasteiger partial charge in [-0.3, -0.25) is 0 Å². The molecule has 0 spiro atoms. The summed E-state index contributed by atoms with van der Waals surface area (Å²) < 4.78 is 4.13. The van der Waals surface area contributed by atoms with Gasteiger partial charge in [-0.1, -0.05) is 14.7 Å². The summed E-state index contributed by atoms with van der Waals surface area (Å²) in [5, 5.41) is 0. The molecule has 0 bridgehead atoms. The van der Waals surface area contributed by atoms with Crippen LogP contribution in [0.1, 0.15) is 27.0 Å². The van der Waals surface area contributed by atoms with Crippen LogP contribution in [0, 0.1) is 20.8 Å². The predicted molar refractivity (Wildman–Crippen MR) is 53.0 cm³/mol. The first-order chi connectivity index (χ1) is 6.93.